The summed E-state index contributed by atoms with van der Waals surface area (Å²) in [6.07, 6.45) is 1.06. The molecule has 2 aromatic rings. The van der Waals surface area contributed by atoms with Crippen LogP contribution in [0.5, 0.6) is 11.5 Å². The van der Waals surface area contributed by atoms with E-state index in [0.29, 0.717) is 24.3 Å². The lowest BCUT2D eigenvalue weighted by molar-refractivity contribution is -0.139. The average Bonchev–Trinajstić information content (AvgIpc) is 3.22. The van der Waals surface area contributed by atoms with Gasteiger partial charge in [0.15, 0.2) is 18.1 Å². The summed E-state index contributed by atoms with van der Waals surface area (Å²) in [7, 11) is -3.81. The molecule has 0 saturated heterocycles. The molecule has 1 aliphatic heterocycles. The minimum Gasteiger partial charge on any atom is -0.486 e. The highest BCUT2D eigenvalue weighted by Gasteiger charge is 2.47. The summed E-state index contributed by atoms with van der Waals surface area (Å²) >= 11 is 11.8. The van der Waals surface area contributed by atoms with Crippen LogP contribution in [0.4, 0.5) is 0 Å². The Morgan fingerprint density at radius 3 is 2.72 bits per heavy atom. The van der Waals surface area contributed by atoms with Gasteiger partial charge in [-0.15, -0.1) is 0 Å². The van der Waals surface area contributed by atoms with Crippen molar-refractivity contribution in [3.05, 3.63) is 52.0 Å². The smallest absolute Gasteiger partial charge is 0.341 e. The molecule has 3 unspecified atom stereocenters. The largest absolute Gasteiger partial charge is 0.486 e. The van der Waals surface area contributed by atoms with Crippen molar-refractivity contribution in [2.75, 3.05) is 6.61 Å². The van der Waals surface area contributed by atoms with E-state index >= 15 is 0 Å². The van der Waals surface area contributed by atoms with E-state index in [1.165, 1.54) is 18.2 Å². The summed E-state index contributed by atoms with van der Waals surface area (Å²) in [5.41, 5.74) is 0.803. The van der Waals surface area contributed by atoms with Gasteiger partial charge in [0.2, 0.25) is 10.0 Å². The number of halogens is 2. The predicted molar refractivity (Wildman–Crippen MR) is 107 cm³/mol. The van der Waals surface area contributed by atoms with Crippen molar-refractivity contribution in [3.63, 3.8) is 0 Å². The van der Waals surface area contributed by atoms with Gasteiger partial charge in [0, 0.05) is 17.5 Å². The molecule has 0 spiro atoms. The van der Waals surface area contributed by atoms with Crippen LogP contribution in [0.3, 0.4) is 0 Å². The molecule has 154 valence electrons. The number of fused-ring (bicyclic) bond motifs is 3. The van der Waals surface area contributed by atoms with E-state index in [9.17, 15) is 13.2 Å². The third-order valence-corrected chi connectivity index (χ3v) is 7.32. The van der Waals surface area contributed by atoms with Crippen LogP contribution in [0, 0.1) is 0 Å². The molecule has 10 heteroatoms. The highest BCUT2D eigenvalue weighted by molar-refractivity contribution is 7.89. The van der Waals surface area contributed by atoms with Crippen molar-refractivity contribution >= 4 is 39.2 Å². The van der Waals surface area contributed by atoms with E-state index in [4.69, 9.17) is 37.8 Å². The summed E-state index contributed by atoms with van der Waals surface area (Å²) < 4.78 is 39.8. The maximum absolute atomic E-state index is 12.9. The summed E-state index contributed by atoms with van der Waals surface area (Å²) in [6.45, 7) is -0.484. The van der Waals surface area contributed by atoms with Gasteiger partial charge in [-0.2, -0.15) is 0 Å². The lowest BCUT2D eigenvalue weighted by Crippen LogP contribution is -2.37. The number of nitrogens with one attached hydrogen (secondary N) is 1. The highest BCUT2D eigenvalue weighted by Crippen LogP contribution is 2.51. The standard InChI is InChI=1S/C19H17Cl2NO6S/c20-12-5-4-10(8-13(12)21)29(25,26)22-14-6-7-15-18(14)11-2-1-3-16(19(11)28-15)27-9-17(23)24/h1-5,8,14-15,18,22H,6-7,9H2,(H,23,24). The molecule has 1 aliphatic carbocycles. The zero-order valence-electron chi connectivity index (χ0n) is 15.0. The number of rotatable bonds is 6. The van der Waals surface area contributed by atoms with Gasteiger partial charge in [0.25, 0.3) is 0 Å². The second-order valence-corrected chi connectivity index (χ2v) is 9.45. The van der Waals surface area contributed by atoms with Gasteiger partial charge in [-0.25, -0.2) is 17.9 Å². The molecular weight excluding hydrogens is 441 g/mol. The maximum atomic E-state index is 12.9. The molecule has 0 bridgehead atoms. The number of sulfonamides is 1. The molecule has 1 fully saturated rings. The van der Waals surface area contributed by atoms with E-state index in [-0.39, 0.29) is 33.0 Å². The number of aliphatic carboxylic acids is 1. The van der Waals surface area contributed by atoms with Crippen molar-refractivity contribution in [1.82, 2.24) is 4.72 Å². The topological polar surface area (TPSA) is 102 Å². The fraction of sp³-hybridized carbons (Fsp3) is 0.316. The monoisotopic (exact) mass is 457 g/mol. The van der Waals surface area contributed by atoms with Crippen molar-refractivity contribution in [2.24, 2.45) is 0 Å². The first-order chi connectivity index (χ1) is 13.8. The van der Waals surface area contributed by atoms with Gasteiger partial charge in [0.05, 0.1) is 14.9 Å². The number of para-hydroxylation sites is 1. The van der Waals surface area contributed by atoms with Gasteiger partial charge >= 0.3 is 5.97 Å². The number of carboxylic acids is 1. The van der Waals surface area contributed by atoms with E-state index in [1.54, 1.807) is 12.1 Å². The molecule has 2 aromatic carbocycles. The highest BCUT2D eigenvalue weighted by atomic mass is 35.5. The SMILES string of the molecule is O=C(O)COc1cccc2c1OC1CCC(NS(=O)(=O)c3ccc(Cl)c(Cl)c3)C21. The first kappa shape index (κ1) is 20.3. The van der Waals surface area contributed by atoms with E-state index in [0.717, 1.165) is 5.56 Å². The van der Waals surface area contributed by atoms with Gasteiger partial charge in [-0.05, 0) is 37.1 Å². The Labute approximate surface area is 177 Å². The fourth-order valence-corrected chi connectivity index (χ4v) is 5.56. The summed E-state index contributed by atoms with van der Waals surface area (Å²) in [5, 5.41) is 9.28. The second-order valence-electron chi connectivity index (χ2n) is 6.92. The van der Waals surface area contributed by atoms with Gasteiger partial charge in [0.1, 0.15) is 6.10 Å². The molecule has 1 heterocycles. The zero-order valence-corrected chi connectivity index (χ0v) is 17.3. The number of hydrogen-bond donors (Lipinski definition) is 2. The van der Waals surface area contributed by atoms with Crippen LogP contribution in [0.1, 0.15) is 24.3 Å². The Bertz CT molecular complexity index is 1070. The van der Waals surface area contributed by atoms with Gasteiger partial charge in [-0.3, -0.25) is 0 Å². The molecule has 29 heavy (non-hydrogen) atoms. The van der Waals surface area contributed by atoms with E-state index in [1.807, 2.05) is 6.07 Å². The van der Waals surface area contributed by atoms with Crippen LogP contribution in [0.25, 0.3) is 0 Å². The molecular formula is C19H17Cl2NO6S. The molecule has 4 rings (SSSR count). The Hall–Kier alpha value is -2.00. The molecule has 1 saturated carbocycles. The van der Waals surface area contributed by atoms with E-state index < -0.39 is 22.6 Å². The molecule has 2 aliphatic rings. The Balaban J connectivity index is 1.59. The maximum Gasteiger partial charge on any atom is 0.341 e. The third-order valence-electron chi connectivity index (χ3n) is 5.09. The van der Waals surface area contributed by atoms with Gasteiger partial charge in [-0.1, -0.05) is 35.3 Å². The lowest BCUT2D eigenvalue weighted by atomic mass is 9.94. The molecule has 3 atom stereocenters. The normalized spacial score (nSPS) is 22.6. The lowest BCUT2D eigenvalue weighted by Gasteiger charge is -2.20. The number of hydrogen-bond acceptors (Lipinski definition) is 5. The Kier molecular flexibility index (Phi) is 5.37. The van der Waals surface area contributed by atoms with Crippen molar-refractivity contribution in [1.29, 1.82) is 0 Å². The quantitative estimate of drug-likeness (QED) is 0.688. The first-order valence-corrected chi connectivity index (χ1v) is 11.1. The number of benzene rings is 2. The van der Waals surface area contributed by atoms with Crippen LogP contribution in [-0.2, 0) is 14.8 Å². The predicted octanol–water partition coefficient (Wildman–Crippen LogP) is 3.44. The summed E-state index contributed by atoms with van der Waals surface area (Å²) in [4.78, 5) is 10.8. The molecule has 0 radical (unpaired) electrons. The number of carboxylic acid groups (broad SMARTS) is 1. The van der Waals surface area contributed by atoms with Crippen molar-refractivity contribution in [2.45, 2.75) is 35.8 Å². The first-order valence-electron chi connectivity index (χ1n) is 8.88. The van der Waals surface area contributed by atoms with Crippen LogP contribution < -0.4 is 14.2 Å². The second kappa shape index (κ2) is 7.68. The molecule has 0 amide bonds. The fourth-order valence-electron chi connectivity index (χ4n) is 3.88. The van der Waals surface area contributed by atoms with Crippen LogP contribution in [0.15, 0.2) is 41.3 Å². The average molecular weight is 458 g/mol. The molecule has 0 aromatic heterocycles. The minimum absolute atomic E-state index is 0.0352. The molecule has 7 nitrogen and oxygen atoms in total. The minimum atomic E-state index is -3.81. The van der Waals surface area contributed by atoms with Gasteiger partial charge < -0.3 is 14.6 Å². The third kappa shape index (κ3) is 3.90. The van der Waals surface area contributed by atoms with E-state index in [2.05, 4.69) is 4.72 Å². The summed E-state index contributed by atoms with van der Waals surface area (Å²) in [6, 6.07) is 9.00. The van der Waals surface area contributed by atoms with Crippen LogP contribution in [-0.4, -0.2) is 38.2 Å². The number of ether oxygens (including phenoxy) is 2. The zero-order chi connectivity index (χ0) is 20.8. The van der Waals surface area contributed by atoms with Crippen LogP contribution >= 0.6 is 23.2 Å². The van der Waals surface area contributed by atoms with Crippen molar-refractivity contribution in [3.8, 4) is 11.5 Å². The Morgan fingerprint density at radius 1 is 1.21 bits per heavy atom. The van der Waals surface area contributed by atoms with Crippen molar-refractivity contribution < 1.29 is 27.8 Å². The van der Waals surface area contributed by atoms with Crippen LogP contribution in [0.2, 0.25) is 10.0 Å². The summed E-state index contributed by atoms with van der Waals surface area (Å²) in [5.74, 6) is -0.475. The molecule has 2 N–H and O–H groups in total. The Morgan fingerprint density at radius 2 is 2.00 bits per heavy atom. The number of carbonyl (C=O) groups is 1.